The van der Waals surface area contributed by atoms with Crippen molar-refractivity contribution in [3.8, 4) is 0 Å². The largest absolute Gasteiger partial charge is 1.00 e. The molecule has 0 radical (unpaired) electrons. The predicted octanol–water partition coefficient (Wildman–Crippen LogP) is -0.829. The maximum atomic E-state index is 12.8. The molecule has 0 heterocycles. The summed E-state index contributed by atoms with van der Waals surface area (Å²) in [4.78, 5) is 12.8. The smallest absolute Gasteiger partial charge is 0.726 e. The van der Waals surface area contributed by atoms with Crippen molar-refractivity contribution in [1.29, 1.82) is 0 Å². The molecule has 4 saturated carbocycles. The Morgan fingerprint density at radius 2 is 1.87 bits per heavy atom. The zero-order valence-electron chi connectivity index (χ0n) is 22.8. The van der Waals surface area contributed by atoms with Crippen LogP contribution in [0.5, 0.6) is 0 Å². The van der Waals surface area contributed by atoms with Crippen molar-refractivity contribution in [2.24, 2.45) is 34.5 Å². The van der Waals surface area contributed by atoms with Gasteiger partial charge in [0.1, 0.15) is 12.2 Å². The first-order valence-corrected chi connectivity index (χ1v) is 11.7. The van der Waals surface area contributed by atoms with Gasteiger partial charge in [-0.05, 0) is 86.8 Å². The van der Waals surface area contributed by atoms with E-state index in [9.17, 15) is 28.0 Å². The van der Waals surface area contributed by atoms with E-state index in [-0.39, 0.29) is 60.2 Å². The fraction of sp³-hybridized carbons (Fsp3) is 0.952. The first-order valence-electron chi connectivity index (χ1n) is 12.8. The summed E-state index contributed by atoms with van der Waals surface area (Å²) in [5, 5.41) is 22.0. The number of ketones is 1. The van der Waals surface area contributed by atoms with Gasteiger partial charge in [-0.2, -0.15) is 0 Å². The molecule has 0 amide bonds. The molecular formula is C21H33NaO7S. The standard InChI is InChI=1S/C21H34O7S.Na/c1-19-8-5-14(22)11-13(19)3-4-15-16(19)6-9-20(2)17(15)7-10-21(20,24)18(23)12-28-29(25,26)27;/h13-17,22,24H,3-12H2,1-2H3,(H,25,26,27);/q;+1/p-1/t13-,14+,15+,16-,17-,19-,20-,21-;/m0./s1/i5D2,11D2,14D;. The van der Waals surface area contributed by atoms with Crippen molar-refractivity contribution < 1.29 is 68.6 Å². The summed E-state index contributed by atoms with van der Waals surface area (Å²) in [7, 11) is -5.09. The average Bonchev–Trinajstić information content (AvgIpc) is 2.96. The van der Waals surface area contributed by atoms with Crippen LogP contribution in [0.4, 0.5) is 0 Å². The molecule has 2 N–H and O–H groups in total. The molecule has 0 aromatic rings. The summed E-state index contributed by atoms with van der Waals surface area (Å²) in [5.74, 6) is -1.86. The SMILES string of the molecule is [2H]C1([2H])C[C@]2(C)[C@H]3CC[C@@]4(C)[C@@H](CC[C@]4(O)C(=O)COS(=O)(=O)[O-])[C@@H]3CC[C@H]2C([2H])([2H])[C@]1([2H])O.[Na+]. The predicted molar refractivity (Wildman–Crippen MR) is 103 cm³/mol. The summed E-state index contributed by atoms with van der Waals surface area (Å²) in [6.45, 7) is 2.61. The third-order valence-electron chi connectivity index (χ3n) is 8.76. The van der Waals surface area contributed by atoms with Crippen LogP contribution >= 0.6 is 0 Å². The number of rotatable bonds is 4. The molecule has 0 spiro atoms. The van der Waals surface area contributed by atoms with E-state index in [1.807, 2.05) is 6.92 Å². The van der Waals surface area contributed by atoms with Crippen LogP contribution in [-0.4, -0.2) is 47.3 Å². The van der Waals surface area contributed by atoms with Crippen molar-refractivity contribution in [3.05, 3.63) is 0 Å². The van der Waals surface area contributed by atoms with Gasteiger partial charge in [-0.15, -0.1) is 0 Å². The molecule has 0 unspecified atom stereocenters. The van der Waals surface area contributed by atoms with Gasteiger partial charge in [0, 0.05) is 10.9 Å². The molecule has 166 valence electrons. The molecule has 4 aliphatic carbocycles. The Bertz CT molecular complexity index is 995. The van der Waals surface area contributed by atoms with Crippen LogP contribution in [0.1, 0.15) is 78.4 Å². The molecule has 8 atom stereocenters. The van der Waals surface area contributed by atoms with E-state index in [0.717, 1.165) is 0 Å². The minimum Gasteiger partial charge on any atom is -0.726 e. The number of Topliss-reactive ketones (excluding diaryl/α,β-unsaturated/α-hetero) is 1. The second kappa shape index (κ2) is 8.35. The molecular weight excluding hydrogens is 419 g/mol. The van der Waals surface area contributed by atoms with E-state index in [1.165, 1.54) is 0 Å². The van der Waals surface area contributed by atoms with E-state index in [2.05, 4.69) is 4.18 Å². The third kappa shape index (κ3) is 3.87. The zero-order chi connectivity index (χ0) is 25.8. The number of hydrogen-bond acceptors (Lipinski definition) is 7. The Kier molecular flexibility index (Phi) is 5.24. The summed E-state index contributed by atoms with van der Waals surface area (Å²) in [6, 6.07) is 0. The number of hydrogen-bond donors (Lipinski definition) is 2. The summed E-state index contributed by atoms with van der Waals surface area (Å²) < 4.78 is 78.6. The number of aliphatic hydroxyl groups is 2. The molecule has 7 nitrogen and oxygen atoms in total. The molecule has 4 rings (SSSR count). The second-order valence-electron chi connectivity index (χ2n) is 9.81. The number of carbonyl (C=O) groups is 1. The average molecular weight is 458 g/mol. The van der Waals surface area contributed by atoms with Gasteiger partial charge in [0.25, 0.3) is 0 Å². The van der Waals surface area contributed by atoms with Crippen LogP contribution < -0.4 is 29.6 Å². The Labute approximate surface area is 208 Å². The fourth-order valence-electron chi connectivity index (χ4n) is 7.16. The van der Waals surface area contributed by atoms with Gasteiger partial charge in [-0.25, -0.2) is 8.42 Å². The maximum absolute atomic E-state index is 12.8. The van der Waals surface area contributed by atoms with Gasteiger partial charge in [-0.1, -0.05) is 13.8 Å². The first-order chi connectivity index (χ1) is 15.2. The number of fused-ring (bicyclic) bond motifs is 5. The van der Waals surface area contributed by atoms with E-state index < -0.39 is 64.0 Å². The fourth-order valence-corrected chi connectivity index (χ4v) is 7.41. The van der Waals surface area contributed by atoms with Crippen LogP contribution in [0.3, 0.4) is 0 Å². The quantitative estimate of drug-likeness (QED) is 0.321. The Balaban J connectivity index is 0.00000342. The molecule has 9 heteroatoms. The molecule has 0 aromatic carbocycles. The van der Waals surface area contributed by atoms with Crippen LogP contribution in [0.15, 0.2) is 0 Å². The van der Waals surface area contributed by atoms with Crippen molar-refractivity contribution in [1.82, 2.24) is 0 Å². The third-order valence-corrected chi connectivity index (χ3v) is 9.17. The van der Waals surface area contributed by atoms with Gasteiger partial charge >= 0.3 is 29.6 Å². The topological polar surface area (TPSA) is 124 Å². The molecule has 0 bridgehead atoms. The van der Waals surface area contributed by atoms with Crippen molar-refractivity contribution in [2.45, 2.75) is 83.2 Å². The second-order valence-corrected chi connectivity index (χ2v) is 10.9. The van der Waals surface area contributed by atoms with E-state index in [0.29, 0.717) is 32.1 Å². The van der Waals surface area contributed by atoms with Crippen LogP contribution in [0, 0.1) is 34.5 Å². The Morgan fingerprint density at radius 3 is 2.53 bits per heavy atom. The zero-order valence-corrected chi connectivity index (χ0v) is 20.6. The van der Waals surface area contributed by atoms with Gasteiger partial charge < -0.3 is 14.8 Å². The van der Waals surface area contributed by atoms with Crippen LogP contribution in [0.2, 0.25) is 0 Å². The molecule has 0 aliphatic heterocycles. The summed E-state index contributed by atoms with van der Waals surface area (Å²) in [6.07, 6.45) is -5.61. The maximum Gasteiger partial charge on any atom is 1.00 e. The minimum atomic E-state index is -5.09. The molecule has 4 aliphatic rings. The Morgan fingerprint density at radius 1 is 1.20 bits per heavy atom. The molecule has 0 aromatic heterocycles. The van der Waals surface area contributed by atoms with Gasteiger partial charge in [0.15, 0.2) is 5.78 Å². The van der Waals surface area contributed by atoms with Crippen LogP contribution in [0.25, 0.3) is 0 Å². The monoisotopic (exact) mass is 457 g/mol. The minimum absolute atomic E-state index is 0. The van der Waals surface area contributed by atoms with Gasteiger partial charge in [0.05, 0.1) is 7.45 Å². The molecule has 30 heavy (non-hydrogen) atoms. The van der Waals surface area contributed by atoms with Gasteiger partial charge in [0.2, 0.25) is 10.4 Å². The summed E-state index contributed by atoms with van der Waals surface area (Å²) in [5.41, 5.74) is -3.58. The molecule has 0 saturated heterocycles. The van der Waals surface area contributed by atoms with E-state index in [1.54, 1.807) is 6.92 Å². The van der Waals surface area contributed by atoms with E-state index in [4.69, 9.17) is 6.85 Å². The van der Waals surface area contributed by atoms with Gasteiger partial charge in [-0.3, -0.25) is 8.98 Å². The molecule has 4 fully saturated rings. The Hall–Kier alpha value is 0.460. The first kappa shape index (κ1) is 18.8. The van der Waals surface area contributed by atoms with Crippen molar-refractivity contribution in [2.75, 3.05) is 6.61 Å². The van der Waals surface area contributed by atoms with E-state index >= 15 is 0 Å². The normalized spacial score (nSPS) is 56.4. The van der Waals surface area contributed by atoms with Crippen molar-refractivity contribution >= 4 is 16.2 Å². The number of carbonyl (C=O) groups excluding carboxylic acids is 1. The van der Waals surface area contributed by atoms with Crippen molar-refractivity contribution in [3.63, 3.8) is 0 Å². The van der Waals surface area contributed by atoms with Crippen LogP contribution in [-0.2, 0) is 19.4 Å². The summed E-state index contributed by atoms with van der Waals surface area (Å²) >= 11 is 0.